The number of ether oxygens (including phenoxy) is 2. The van der Waals surface area contributed by atoms with Gasteiger partial charge in [-0.1, -0.05) is 69.7 Å². The molecule has 2 fully saturated rings. The molecule has 0 bridgehead atoms. The van der Waals surface area contributed by atoms with Crippen LogP contribution in [0.25, 0.3) is 0 Å². The highest BCUT2D eigenvalue weighted by Gasteiger charge is 2.86. The molecule has 4 aliphatic rings. The summed E-state index contributed by atoms with van der Waals surface area (Å²) in [6, 6.07) is 8.79. The van der Waals surface area contributed by atoms with E-state index in [4.69, 9.17) is 9.47 Å². The second-order valence-corrected chi connectivity index (χ2v) is 21.4. The molecule has 3 aliphatic heterocycles. The Balaban J connectivity index is 1.48. The summed E-state index contributed by atoms with van der Waals surface area (Å²) < 4.78 is 22.8. The van der Waals surface area contributed by atoms with Crippen molar-refractivity contribution in [3.63, 3.8) is 0 Å². The van der Waals surface area contributed by atoms with Crippen LogP contribution in [-0.4, -0.2) is 100 Å². The molecule has 1 saturated heterocycles. The van der Waals surface area contributed by atoms with Gasteiger partial charge in [0.25, 0.3) is 0 Å². The summed E-state index contributed by atoms with van der Waals surface area (Å²) >= 11 is 0. The van der Waals surface area contributed by atoms with Gasteiger partial charge in [0.2, 0.25) is 11.1 Å². The van der Waals surface area contributed by atoms with Crippen LogP contribution in [0.2, 0.25) is 0 Å². The van der Waals surface area contributed by atoms with Crippen molar-refractivity contribution in [2.45, 2.75) is 196 Å². The van der Waals surface area contributed by atoms with Crippen LogP contribution in [0.15, 0.2) is 24.3 Å². The molecule has 2 aromatic rings. The molecule has 3 atom stereocenters. The molecule has 6 heteroatoms. The molecule has 322 valence electrons. The Morgan fingerprint density at radius 3 is 1.52 bits per heavy atom. The van der Waals surface area contributed by atoms with E-state index in [1.54, 1.807) is 0 Å². The number of quaternary nitrogens is 2. The van der Waals surface area contributed by atoms with Crippen LogP contribution in [0.1, 0.15) is 195 Å². The third-order valence-corrected chi connectivity index (χ3v) is 16.7. The summed E-state index contributed by atoms with van der Waals surface area (Å²) in [5.74, 6) is 2.51. The molecule has 2 aromatic carbocycles. The minimum atomic E-state index is -1.09. The van der Waals surface area contributed by atoms with E-state index in [0.29, 0.717) is 5.92 Å². The second-order valence-electron chi connectivity index (χ2n) is 21.4. The highest BCUT2D eigenvalue weighted by atomic mass is 16.7. The van der Waals surface area contributed by atoms with E-state index < -0.39 is 6.03 Å². The molecular formula is C52H86N4O2+4. The molecule has 0 aromatic heterocycles. The van der Waals surface area contributed by atoms with Gasteiger partial charge >= 0.3 is 6.03 Å². The molecule has 6 nitrogen and oxygen atoms in total. The van der Waals surface area contributed by atoms with Crippen molar-refractivity contribution in [2.75, 3.05) is 52.4 Å². The first-order chi connectivity index (χ1) is 27.3. The highest BCUT2D eigenvalue weighted by molar-refractivity contribution is 5.85. The number of nitrogens with zero attached hydrogens (tertiary/aromatic N) is 4. The first-order valence-electron chi connectivity index (χ1n) is 24.0. The zero-order chi connectivity index (χ0) is 42.5. The molecule has 1 aliphatic carbocycles. The quantitative estimate of drug-likeness (QED) is 0.125. The van der Waals surface area contributed by atoms with E-state index in [2.05, 4.69) is 150 Å². The number of aryl methyl sites for hydroxylation is 1. The van der Waals surface area contributed by atoms with Gasteiger partial charge in [-0.05, 0) is 132 Å². The summed E-state index contributed by atoms with van der Waals surface area (Å²) in [5, 5.41) is 0. The van der Waals surface area contributed by atoms with Crippen LogP contribution in [0.3, 0.4) is 0 Å². The number of hydrogen-bond donors (Lipinski definition) is 0. The van der Waals surface area contributed by atoms with E-state index in [-0.39, 0.29) is 21.9 Å². The Labute approximate surface area is 355 Å². The summed E-state index contributed by atoms with van der Waals surface area (Å²) in [4.78, 5) is 0. The van der Waals surface area contributed by atoms with Crippen molar-refractivity contribution < 1.29 is 27.6 Å². The van der Waals surface area contributed by atoms with Crippen molar-refractivity contribution in [3.05, 3.63) is 57.6 Å². The number of rotatable bonds is 16. The predicted octanol–water partition coefficient (Wildman–Crippen LogP) is 11.3. The zero-order valence-corrected chi connectivity index (χ0v) is 40.2. The van der Waals surface area contributed by atoms with Crippen LogP contribution in [0, 0.1) is 0 Å². The highest BCUT2D eigenvalue weighted by Crippen LogP contribution is 2.56. The normalized spacial score (nSPS) is 24.2. The Kier molecular flexibility index (Phi) is 12.6. The minimum Gasteiger partial charge on any atom is -0.340 e. The molecule has 58 heavy (non-hydrogen) atoms. The Morgan fingerprint density at radius 2 is 1.09 bits per heavy atom. The summed E-state index contributed by atoms with van der Waals surface area (Å²) in [6.45, 7) is 45.4. The topological polar surface area (TPSA) is 24.5 Å². The van der Waals surface area contributed by atoms with Crippen LogP contribution >= 0.6 is 0 Å². The molecule has 3 heterocycles. The van der Waals surface area contributed by atoms with Gasteiger partial charge in [-0.15, -0.1) is 0 Å². The average Bonchev–Trinajstić information content (AvgIpc) is 3.36. The molecule has 1 spiro atoms. The Morgan fingerprint density at radius 1 is 0.621 bits per heavy atom. The van der Waals surface area contributed by atoms with Gasteiger partial charge in [0.15, 0.2) is 23.9 Å². The lowest BCUT2D eigenvalue weighted by Gasteiger charge is -2.37. The average molecular weight is 799 g/mol. The van der Waals surface area contributed by atoms with Crippen LogP contribution in [0.4, 0.5) is 0 Å². The molecule has 1 saturated carbocycles. The molecule has 0 amide bonds. The molecule has 6 rings (SSSR count). The maximum Gasteiger partial charge on any atom is 0.705 e. The van der Waals surface area contributed by atoms with E-state index >= 15 is 0 Å². The largest absolute Gasteiger partial charge is 0.705 e. The lowest BCUT2D eigenvalue weighted by atomic mass is 9.69. The lowest BCUT2D eigenvalue weighted by Crippen LogP contribution is -2.61. The summed E-state index contributed by atoms with van der Waals surface area (Å²) in [5.41, 5.74) is 7.39. The van der Waals surface area contributed by atoms with Gasteiger partial charge in [0.05, 0.1) is 63.5 Å². The Hall–Kier alpha value is -2.70. The fraction of sp³-hybridized carbons (Fsp3) is 0.731. The summed E-state index contributed by atoms with van der Waals surface area (Å²) in [6.07, 6.45) is 15.5. The smallest absolute Gasteiger partial charge is 0.340 e. The maximum atomic E-state index is 7.65. The number of benzene rings is 2. The zero-order valence-electron chi connectivity index (χ0n) is 40.2. The summed E-state index contributed by atoms with van der Waals surface area (Å²) in [7, 11) is 0. The maximum absolute atomic E-state index is 7.65. The number of hydrogen-bond acceptors (Lipinski definition) is 2. The van der Waals surface area contributed by atoms with E-state index in [1.165, 1.54) is 133 Å². The molecule has 0 radical (unpaired) electrons. The minimum absolute atomic E-state index is 0.0203. The predicted molar refractivity (Wildman–Crippen MR) is 244 cm³/mol. The molecule has 1 unspecified atom stereocenters. The Bertz CT molecular complexity index is 1830. The third-order valence-electron chi connectivity index (χ3n) is 16.7. The fourth-order valence-electron chi connectivity index (χ4n) is 11.6. The molecular weight excluding hydrogens is 713 g/mol. The van der Waals surface area contributed by atoms with Crippen molar-refractivity contribution >= 4 is 12.4 Å². The second kappa shape index (κ2) is 16.3. The SMILES string of the molecule is CCc1cc(C(CCC[N+](CC)(CC)CC)CCC[N+](CC)(CC)CC)cc2c1OC13Oc4c(cc(C(C)(C)C)cc4C(C)(C)C)C=[N+]1[C@@]1(C)CCCC[C@]1(C)[N+]3=C2. The van der Waals surface area contributed by atoms with Gasteiger partial charge in [-0.3, -0.25) is 0 Å². The van der Waals surface area contributed by atoms with E-state index in [9.17, 15) is 0 Å². The standard InChI is InChI=1S/C52H86N4O2/c1-16-39-33-41(40(27-25-31-55(17-2,18-3)19-4)28-26-32-56(20-5,21-6)22-7)34-42-37-53-50(14)29-23-24-30-51(50,15)54-38-43-35-44(48(8,9)10)36-45(49(11,12)13)47(43)58-52(53,54)57-46(39)42/h33-38,40H,16-32H2,1-15H3/q+4/t50-,51-,52?/m0/s1. The van der Waals surface area contributed by atoms with E-state index in [1.807, 2.05) is 0 Å². The van der Waals surface area contributed by atoms with Crippen molar-refractivity contribution in [1.82, 2.24) is 0 Å². The van der Waals surface area contributed by atoms with E-state index in [0.717, 1.165) is 30.8 Å². The van der Waals surface area contributed by atoms with Crippen molar-refractivity contribution in [2.24, 2.45) is 0 Å². The van der Waals surface area contributed by atoms with Crippen molar-refractivity contribution in [3.8, 4) is 11.5 Å². The van der Waals surface area contributed by atoms with Crippen LogP contribution in [0.5, 0.6) is 11.5 Å². The van der Waals surface area contributed by atoms with Gasteiger partial charge < -0.3 is 18.4 Å². The lowest BCUT2D eigenvalue weighted by molar-refractivity contribution is -0.923. The van der Waals surface area contributed by atoms with Crippen molar-refractivity contribution in [1.29, 1.82) is 0 Å². The van der Waals surface area contributed by atoms with Crippen LogP contribution < -0.4 is 9.47 Å². The third kappa shape index (κ3) is 7.51. The first-order valence-corrected chi connectivity index (χ1v) is 24.0. The van der Waals surface area contributed by atoms with Gasteiger partial charge in [-0.2, -0.15) is 0 Å². The first kappa shape index (κ1) is 44.8. The monoisotopic (exact) mass is 799 g/mol. The van der Waals surface area contributed by atoms with Gasteiger partial charge in [0, 0.05) is 32.3 Å². The fourth-order valence-corrected chi connectivity index (χ4v) is 11.6. The van der Waals surface area contributed by atoms with Gasteiger partial charge in [0.1, 0.15) is 0 Å². The van der Waals surface area contributed by atoms with Crippen LogP contribution in [-0.2, 0) is 17.3 Å². The molecule has 0 N–H and O–H groups in total. The number of fused-ring (bicyclic) bond motifs is 5. The van der Waals surface area contributed by atoms with Gasteiger partial charge in [-0.25, -0.2) is 0 Å².